The summed E-state index contributed by atoms with van der Waals surface area (Å²) in [6.07, 6.45) is 2.22. The fourth-order valence-electron chi connectivity index (χ4n) is 2.90. The van der Waals surface area contributed by atoms with Crippen molar-refractivity contribution in [1.29, 1.82) is 0 Å². The van der Waals surface area contributed by atoms with E-state index in [2.05, 4.69) is 30.6 Å². The topological polar surface area (TPSA) is 93.3 Å². The van der Waals surface area contributed by atoms with Crippen LogP contribution in [0.5, 0.6) is 11.5 Å². The van der Waals surface area contributed by atoms with Crippen molar-refractivity contribution in [2.75, 3.05) is 14.2 Å². The lowest BCUT2D eigenvalue weighted by molar-refractivity contribution is 0.353. The number of rotatable bonds is 8. The number of halogens is 1. The number of sulfonamides is 1. The summed E-state index contributed by atoms with van der Waals surface area (Å²) in [7, 11) is -0.908. The number of ether oxygens (including phenoxy) is 2. The smallest absolute Gasteiger partial charge is 0.242 e. The van der Waals surface area contributed by atoms with E-state index < -0.39 is 16.1 Å². The number of H-pyrrole nitrogens is 1. The standard InChI is InChI=1S/C20H22BrN3O4S/c1-4-15(20-22-12-16(23-20)13-8-6-5-7-9-13)24-29(25,26)19-11-18(28-3)17(27-2)10-14(19)21/h5-12,15,24H,4H2,1-3H3,(H,22,23). The molecular formula is C20H22BrN3O4S. The van der Waals surface area contributed by atoms with Crippen LogP contribution in [0.4, 0.5) is 0 Å². The number of methoxy groups -OCH3 is 2. The number of aromatic amines is 1. The number of hydrogen-bond acceptors (Lipinski definition) is 5. The second-order valence-electron chi connectivity index (χ2n) is 6.27. The number of nitrogens with zero attached hydrogens (tertiary/aromatic N) is 1. The molecule has 0 fully saturated rings. The molecule has 154 valence electrons. The van der Waals surface area contributed by atoms with Crippen LogP contribution in [0.3, 0.4) is 0 Å². The number of hydrogen-bond donors (Lipinski definition) is 2. The molecule has 1 unspecified atom stereocenters. The highest BCUT2D eigenvalue weighted by Crippen LogP contribution is 2.36. The normalized spacial score (nSPS) is 12.6. The summed E-state index contributed by atoms with van der Waals surface area (Å²) in [6, 6.07) is 12.2. The average molecular weight is 480 g/mol. The van der Waals surface area contributed by atoms with Gasteiger partial charge in [-0.25, -0.2) is 18.1 Å². The molecule has 9 heteroatoms. The van der Waals surface area contributed by atoms with E-state index >= 15 is 0 Å². The van der Waals surface area contributed by atoms with Gasteiger partial charge in [-0.3, -0.25) is 0 Å². The molecule has 0 aliphatic rings. The van der Waals surface area contributed by atoms with Crippen LogP contribution in [-0.2, 0) is 10.0 Å². The first-order valence-electron chi connectivity index (χ1n) is 8.93. The minimum atomic E-state index is -3.86. The summed E-state index contributed by atoms with van der Waals surface area (Å²) in [5.41, 5.74) is 1.80. The maximum absolute atomic E-state index is 13.1. The molecule has 29 heavy (non-hydrogen) atoms. The molecule has 0 spiro atoms. The van der Waals surface area contributed by atoms with E-state index in [1.807, 2.05) is 37.3 Å². The number of nitrogens with one attached hydrogen (secondary N) is 2. The molecule has 0 amide bonds. The quantitative estimate of drug-likeness (QED) is 0.502. The Balaban J connectivity index is 1.90. The third kappa shape index (κ3) is 4.63. The van der Waals surface area contributed by atoms with E-state index in [0.717, 1.165) is 11.3 Å². The van der Waals surface area contributed by atoms with Crippen LogP contribution in [0, 0.1) is 0 Å². The number of aromatic nitrogens is 2. The van der Waals surface area contributed by atoms with Crippen molar-refractivity contribution < 1.29 is 17.9 Å². The highest BCUT2D eigenvalue weighted by molar-refractivity contribution is 9.10. The molecule has 3 aromatic rings. The molecule has 0 aliphatic heterocycles. The molecule has 2 N–H and O–H groups in total. The van der Waals surface area contributed by atoms with Crippen molar-refractivity contribution in [1.82, 2.24) is 14.7 Å². The van der Waals surface area contributed by atoms with Gasteiger partial charge in [0.25, 0.3) is 0 Å². The molecular weight excluding hydrogens is 458 g/mol. The van der Waals surface area contributed by atoms with Crippen molar-refractivity contribution in [3.05, 3.63) is 59.0 Å². The van der Waals surface area contributed by atoms with Gasteiger partial charge in [-0.05, 0) is 34.0 Å². The minimum absolute atomic E-state index is 0.0587. The van der Waals surface area contributed by atoms with E-state index in [9.17, 15) is 8.42 Å². The van der Waals surface area contributed by atoms with Crippen LogP contribution in [0.15, 0.2) is 58.0 Å². The first kappa shape index (κ1) is 21.4. The SMILES string of the molecule is CCC(NS(=O)(=O)c1cc(OC)c(OC)cc1Br)c1ncc(-c2ccccc2)[nH]1. The van der Waals surface area contributed by atoms with E-state index in [0.29, 0.717) is 28.2 Å². The zero-order valence-corrected chi connectivity index (χ0v) is 18.7. The van der Waals surface area contributed by atoms with Gasteiger partial charge in [0.1, 0.15) is 10.7 Å². The monoisotopic (exact) mass is 479 g/mol. The first-order valence-corrected chi connectivity index (χ1v) is 11.2. The van der Waals surface area contributed by atoms with E-state index in [1.165, 1.54) is 20.3 Å². The Hall–Kier alpha value is -2.36. The fourth-order valence-corrected chi connectivity index (χ4v) is 5.22. The lowest BCUT2D eigenvalue weighted by Gasteiger charge is -2.17. The maximum atomic E-state index is 13.1. The van der Waals surface area contributed by atoms with Crippen LogP contribution in [0.25, 0.3) is 11.3 Å². The highest BCUT2D eigenvalue weighted by atomic mass is 79.9. The summed E-state index contributed by atoms with van der Waals surface area (Å²) in [4.78, 5) is 7.66. The van der Waals surface area contributed by atoms with Gasteiger partial charge < -0.3 is 14.5 Å². The van der Waals surface area contributed by atoms with Gasteiger partial charge in [-0.1, -0.05) is 37.3 Å². The van der Waals surface area contributed by atoms with E-state index in [-0.39, 0.29) is 4.90 Å². The van der Waals surface area contributed by atoms with Gasteiger partial charge >= 0.3 is 0 Å². The Morgan fingerprint density at radius 1 is 1.14 bits per heavy atom. The molecule has 1 heterocycles. The largest absolute Gasteiger partial charge is 0.493 e. The van der Waals surface area contributed by atoms with Crippen LogP contribution in [0.2, 0.25) is 0 Å². The summed E-state index contributed by atoms with van der Waals surface area (Å²) in [5, 5.41) is 0. The molecule has 3 rings (SSSR count). The molecule has 0 saturated heterocycles. The molecule has 1 aromatic heterocycles. The Labute approximate surface area is 178 Å². The van der Waals surface area contributed by atoms with Crippen LogP contribution >= 0.6 is 15.9 Å². The van der Waals surface area contributed by atoms with Gasteiger partial charge in [0.15, 0.2) is 11.5 Å². The fraction of sp³-hybridized carbons (Fsp3) is 0.250. The second kappa shape index (κ2) is 8.98. The van der Waals surface area contributed by atoms with Crippen molar-refractivity contribution >= 4 is 26.0 Å². The van der Waals surface area contributed by atoms with Crippen molar-refractivity contribution in [2.45, 2.75) is 24.3 Å². The zero-order chi connectivity index (χ0) is 21.0. The van der Waals surface area contributed by atoms with Gasteiger partial charge in [-0.2, -0.15) is 0 Å². The molecule has 0 bridgehead atoms. The Bertz CT molecular complexity index is 1080. The zero-order valence-electron chi connectivity index (χ0n) is 16.3. The Morgan fingerprint density at radius 2 is 1.79 bits per heavy atom. The lowest BCUT2D eigenvalue weighted by atomic mass is 10.2. The summed E-state index contributed by atoms with van der Waals surface area (Å²) < 4.78 is 39.7. The predicted octanol–water partition coefficient (Wildman–Crippen LogP) is 4.29. The van der Waals surface area contributed by atoms with Crippen molar-refractivity contribution in [2.24, 2.45) is 0 Å². The van der Waals surface area contributed by atoms with Crippen molar-refractivity contribution in [3.8, 4) is 22.8 Å². The molecule has 7 nitrogen and oxygen atoms in total. The van der Waals surface area contributed by atoms with Crippen LogP contribution in [-0.4, -0.2) is 32.6 Å². The van der Waals surface area contributed by atoms with Crippen LogP contribution in [0.1, 0.15) is 25.2 Å². The highest BCUT2D eigenvalue weighted by Gasteiger charge is 2.26. The van der Waals surface area contributed by atoms with E-state index in [4.69, 9.17) is 9.47 Å². The Kier molecular flexibility index (Phi) is 6.61. The maximum Gasteiger partial charge on any atom is 0.242 e. The molecule has 0 saturated carbocycles. The van der Waals surface area contributed by atoms with E-state index in [1.54, 1.807) is 12.3 Å². The summed E-state index contributed by atoms with van der Waals surface area (Å²) >= 11 is 3.31. The number of benzene rings is 2. The summed E-state index contributed by atoms with van der Waals surface area (Å²) in [6.45, 7) is 1.89. The lowest BCUT2D eigenvalue weighted by Crippen LogP contribution is -2.29. The van der Waals surface area contributed by atoms with Crippen LogP contribution < -0.4 is 14.2 Å². The second-order valence-corrected chi connectivity index (χ2v) is 8.80. The average Bonchev–Trinajstić information content (AvgIpc) is 3.22. The van der Waals surface area contributed by atoms with Gasteiger partial charge in [0.2, 0.25) is 10.0 Å². The third-order valence-electron chi connectivity index (χ3n) is 4.44. The molecule has 1 atom stereocenters. The molecule has 0 aliphatic carbocycles. The van der Waals surface area contributed by atoms with Gasteiger partial charge in [0.05, 0.1) is 32.2 Å². The van der Waals surface area contributed by atoms with Gasteiger partial charge in [-0.15, -0.1) is 0 Å². The first-order chi connectivity index (χ1) is 13.9. The summed E-state index contributed by atoms with van der Waals surface area (Å²) in [5.74, 6) is 1.31. The van der Waals surface area contributed by atoms with Gasteiger partial charge in [0, 0.05) is 10.5 Å². The predicted molar refractivity (Wildman–Crippen MR) is 115 cm³/mol. The van der Waals surface area contributed by atoms with Crippen molar-refractivity contribution in [3.63, 3.8) is 0 Å². The Morgan fingerprint density at radius 3 is 2.41 bits per heavy atom. The molecule has 0 radical (unpaired) electrons. The number of imidazole rings is 1. The molecule has 2 aromatic carbocycles. The third-order valence-corrected chi connectivity index (χ3v) is 6.87. The minimum Gasteiger partial charge on any atom is -0.493 e.